The SMILES string of the molecule is Cc1cc2c3c(c1)c1ccccc1n3B1c3ccccc3N(c3ccccc3)c3cc(C(C)(C)C)cc-2c31. The van der Waals surface area contributed by atoms with E-state index in [9.17, 15) is 0 Å². The van der Waals surface area contributed by atoms with E-state index in [1.54, 1.807) is 0 Å². The number of benzene rings is 5. The van der Waals surface area contributed by atoms with Crippen LogP contribution in [0, 0.1) is 6.92 Å². The van der Waals surface area contributed by atoms with Gasteiger partial charge in [-0.15, -0.1) is 0 Å². The highest BCUT2D eigenvalue weighted by molar-refractivity contribution is 6.90. The lowest BCUT2D eigenvalue weighted by Crippen LogP contribution is -2.56. The van der Waals surface area contributed by atoms with Crippen molar-refractivity contribution in [1.29, 1.82) is 0 Å². The van der Waals surface area contributed by atoms with Crippen molar-refractivity contribution in [2.24, 2.45) is 0 Å². The van der Waals surface area contributed by atoms with Crippen molar-refractivity contribution in [3.05, 3.63) is 114 Å². The van der Waals surface area contributed by atoms with Gasteiger partial charge >= 0.3 is 6.85 Å². The number of hydrogen-bond acceptors (Lipinski definition) is 1. The molecule has 8 rings (SSSR count). The number of rotatable bonds is 1. The van der Waals surface area contributed by atoms with E-state index in [0.29, 0.717) is 0 Å². The van der Waals surface area contributed by atoms with Gasteiger partial charge in [-0.05, 0) is 82.4 Å². The molecule has 0 aliphatic carbocycles. The van der Waals surface area contributed by atoms with Gasteiger partial charge in [0.05, 0.1) is 0 Å². The Morgan fingerprint density at radius 1 is 0.658 bits per heavy atom. The van der Waals surface area contributed by atoms with Crippen LogP contribution in [0.15, 0.2) is 103 Å². The Kier molecular flexibility index (Phi) is 4.26. The highest BCUT2D eigenvalue weighted by atomic mass is 15.2. The zero-order valence-electron chi connectivity index (χ0n) is 22.3. The van der Waals surface area contributed by atoms with Gasteiger partial charge in [0.2, 0.25) is 0 Å². The molecule has 38 heavy (non-hydrogen) atoms. The van der Waals surface area contributed by atoms with Gasteiger partial charge < -0.3 is 9.38 Å². The Morgan fingerprint density at radius 2 is 1.39 bits per heavy atom. The lowest BCUT2D eigenvalue weighted by Gasteiger charge is -2.41. The van der Waals surface area contributed by atoms with Crippen LogP contribution in [0.2, 0.25) is 0 Å². The Hall–Kier alpha value is -4.24. The second kappa shape index (κ2) is 7.42. The van der Waals surface area contributed by atoms with E-state index in [0.717, 1.165) is 0 Å². The molecule has 0 amide bonds. The monoisotopic (exact) mass is 488 g/mol. The minimum atomic E-state index is 0.0213. The fourth-order valence-electron chi connectivity index (χ4n) is 6.85. The van der Waals surface area contributed by atoms with Crippen LogP contribution >= 0.6 is 0 Å². The van der Waals surface area contributed by atoms with Crippen LogP contribution in [-0.2, 0) is 5.41 Å². The topological polar surface area (TPSA) is 8.17 Å². The highest BCUT2D eigenvalue weighted by Crippen LogP contribution is 2.46. The predicted molar refractivity (Wildman–Crippen MR) is 163 cm³/mol. The third-order valence-electron chi connectivity index (χ3n) is 8.52. The maximum Gasteiger partial charge on any atom is 0.333 e. The van der Waals surface area contributed by atoms with E-state index in [-0.39, 0.29) is 12.3 Å². The summed E-state index contributed by atoms with van der Waals surface area (Å²) in [5.41, 5.74) is 14.6. The van der Waals surface area contributed by atoms with Gasteiger partial charge in [-0.2, -0.15) is 0 Å². The highest BCUT2D eigenvalue weighted by Gasteiger charge is 2.43. The molecule has 6 aromatic rings. The van der Waals surface area contributed by atoms with Gasteiger partial charge in [0.15, 0.2) is 0 Å². The summed E-state index contributed by atoms with van der Waals surface area (Å²) in [4.78, 5) is 2.49. The Bertz CT molecular complexity index is 1920. The van der Waals surface area contributed by atoms with E-state index in [1.165, 1.54) is 72.0 Å². The summed E-state index contributed by atoms with van der Waals surface area (Å²) in [6, 6.07) is 38.5. The molecule has 0 radical (unpaired) electrons. The first-order valence-corrected chi connectivity index (χ1v) is 13.6. The van der Waals surface area contributed by atoms with Crippen LogP contribution in [0.5, 0.6) is 0 Å². The Morgan fingerprint density at radius 3 is 2.21 bits per heavy atom. The summed E-state index contributed by atoms with van der Waals surface area (Å²) in [7, 11) is 0. The number of para-hydroxylation sites is 3. The molecule has 0 N–H and O–H groups in total. The van der Waals surface area contributed by atoms with E-state index < -0.39 is 0 Å². The second-order valence-corrected chi connectivity index (χ2v) is 11.9. The minimum Gasteiger partial charge on any atom is -0.375 e. The standard InChI is InChI=1S/C35H29BN2/c1-22-18-27-25-14-8-10-16-30(25)38-34(27)28(19-22)26-20-23(35(2,3)4)21-32-33(26)36(38)29-15-9-11-17-31(29)37(32)24-12-6-5-7-13-24/h5-21H,1-4H3. The third-order valence-corrected chi connectivity index (χ3v) is 8.52. The molecule has 0 saturated heterocycles. The van der Waals surface area contributed by atoms with E-state index in [4.69, 9.17) is 0 Å². The van der Waals surface area contributed by atoms with Crippen molar-refractivity contribution in [1.82, 2.24) is 4.48 Å². The summed E-state index contributed by atoms with van der Waals surface area (Å²) in [5.74, 6) is 0. The van der Waals surface area contributed by atoms with Crippen molar-refractivity contribution in [2.45, 2.75) is 33.1 Å². The number of fused-ring (bicyclic) bond motifs is 7. The van der Waals surface area contributed by atoms with Crippen molar-refractivity contribution < 1.29 is 0 Å². The van der Waals surface area contributed by atoms with Gasteiger partial charge in [-0.25, -0.2) is 0 Å². The zero-order valence-corrected chi connectivity index (χ0v) is 22.3. The number of hydrogen-bond donors (Lipinski definition) is 0. The van der Waals surface area contributed by atoms with Crippen LogP contribution in [0.1, 0.15) is 31.9 Å². The average molecular weight is 488 g/mol. The molecule has 182 valence electrons. The molecule has 5 aromatic carbocycles. The van der Waals surface area contributed by atoms with E-state index >= 15 is 0 Å². The Balaban J connectivity index is 1.61. The predicted octanol–water partition coefficient (Wildman–Crippen LogP) is 7.82. The van der Waals surface area contributed by atoms with Gasteiger partial charge in [-0.3, -0.25) is 0 Å². The molecule has 2 aliphatic heterocycles. The third kappa shape index (κ3) is 2.79. The minimum absolute atomic E-state index is 0.0213. The van der Waals surface area contributed by atoms with Crippen LogP contribution in [-0.4, -0.2) is 11.3 Å². The molecule has 0 spiro atoms. The fourth-order valence-corrected chi connectivity index (χ4v) is 6.85. The molecule has 1 aromatic heterocycles. The summed E-state index contributed by atoms with van der Waals surface area (Å²) >= 11 is 0. The van der Waals surface area contributed by atoms with E-state index in [1.807, 2.05) is 0 Å². The first-order valence-electron chi connectivity index (χ1n) is 13.6. The quantitative estimate of drug-likeness (QED) is 0.214. The van der Waals surface area contributed by atoms with E-state index in [2.05, 4.69) is 140 Å². The molecule has 3 heteroatoms. The van der Waals surface area contributed by atoms with Crippen molar-refractivity contribution in [3.63, 3.8) is 0 Å². The largest absolute Gasteiger partial charge is 0.375 e. The van der Waals surface area contributed by atoms with Crippen molar-refractivity contribution in [3.8, 4) is 11.1 Å². The van der Waals surface area contributed by atoms with Crippen molar-refractivity contribution in [2.75, 3.05) is 4.90 Å². The molecule has 2 nitrogen and oxygen atoms in total. The number of aromatic nitrogens is 1. The Labute approximate surface area is 224 Å². The number of nitrogens with zero attached hydrogens (tertiary/aromatic N) is 2. The summed E-state index contributed by atoms with van der Waals surface area (Å²) in [6.07, 6.45) is 0. The summed E-state index contributed by atoms with van der Waals surface area (Å²) < 4.78 is 2.63. The molecular weight excluding hydrogens is 459 g/mol. The molecule has 2 aliphatic rings. The van der Waals surface area contributed by atoms with Crippen molar-refractivity contribution >= 4 is 56.6 Å². The lowest BCUT2D eigenvalue weighted by atomic mass is 9.45. The number of anilines is 3. The second-order valence-electron chi connectivity index (χ2n) is 11.9. The maximum absolute atomic E-state index is 2.63. The summed E-state index contributed by atoms with van der Waals surface area (Å²) in [5, 5.41) is 2.69. The summed E-state index contributed by atoms with van der Waals surface area (Å²) in [6.45, 7) is 9.33. The number of aryl methyl sites for hydroxylation is 1. The molecular formula is C35H29BN2. The first kappa shape index (κ1) is 21.8. The molecule has 0 unspecified atom stereocenters. The van der Waals surface area contributed by atoms with Gasteiger partial charge in [0.1, 0.15) is 0 Å². The molecule has 0 saturated carbocycles. The van der Waals surface area contributed by atoms with Gasteiger partial charge in [0, 0.05) is 44.4 Å². The van der Waals surface area contributed by atoms with Gasteiger partial charge in [-0.1, -0.05) is 81.4 Å². The molecule has 0 atom stereocenters. The average Bonchev–Trinajstić information content (AvgIpc) is 3.25. The van der Waals surface area contributed by atoms with Crippen LogP contribution < -0.4 is 15.8 Å². The first-order chi connectivity index (χ1) is 18.4. The molecule has 3 heterocycles. The lowest BCUT2D eigenvalue weighted by molar-refractivity contribution is 0.590. The van der Waals surface area contributed by atoms with Gasteiger partial charge in [0.25, 0.3) is 0 Å². The van der Waals surface area contributed by atoms with Crippen LogP contribution in [0.25, 0.3) is 32.9 Å². The molecule has 0 bridgehead atoms. The smallest absolute Gasteiger partial charge is 0.333 e. The fraction of sp³-hybridized carbons (Fsp3) is 0.143. The van der Waals surface area contributed by atoms with Crippen LogP contribution in [0.4, 0.5) is 17.1 Å². The maximum atomic E-state index is 2.63. The zero-order chi connectivity index (χ0) is 25.8. The van der Waals surface area contributed by atoms with Crippen LogP contribution in [0.3, 0.4) is 0 Å². The normalized spacial score (nSPS) is 13.7. The molecule has 0 fully saturated rings.